The molecule has 0 aliphatic heterocycles. The van der Waals surface area contributed by atoms with Gasteiger partial charge in [-0.1, -0.05) is 0 Å². The molecule has 120 valence electrons. The second kappa shape index (κ2) is 6.62. The molecule has 0 fully saturated rings. The Bertz CT molecular complexity index is 876. The third-order valence-electron chi connectivity index (χ3n) is 2.74. The third-order valence-corrected chi connectivity index (χ3v) is 4.00. The lowest BCUT2D eigenvalue weighted by molar-refractivity contribution is 0.327. The summed E-state index contributed by atoms with van der Waals surface area (Å²) in [6, 6.07) is 7.75. The Morgan fingerprint density at radius 1 is 1.13 bits per heavy atom. The van der Waals surface area contributed by atoms with E-state index in [1.165, 1.54) is 18.2 Å². The van der Waals surface area contributed by atoms with Crippen LogP contribution >= 0.6 is 0 Å². The maximum atomic E-state index is 13.6. The Balaban J connectivity index is 2.43. The quantitative estimate of drug-likeness (QED) is 0.783. The first-order chi connectivity index (χ1) is 10.9. The van der Waals surface area contributed by atoms with Gasteiger partial charge in [0.05, 0.1) is 18.2 Å². The van der Waals surface area contributed by atoms with Gasteiger partial charge in [0.25, 0.3) is 0 Å². The molecule has 8 heteroatoms. The second-order valence-corrected chi connectivity index (χ2v) is 5.83. The zero-order valence-corrected chi connectivity index (χ0v) is 12.7. The minimum atomic E-state index is -4.53. The summed E-state index contributed by atoms with van der Waals surface area (Å²) in [4.78, 5) is -0.800. The van der Waals surface area contributed by atoms with E-state index in [4.69, 9.17) is 14.2 Å². The van der Waals surface area contributed by atoms with Crippen molar-refractivity contribution in [3.05, 3.63) is 53.6 Å². The Morgan fingerprint density at radius 3 is 2.48 bits per heavy atom. The fraction of sp³-hybridized carbons (Fsp3) is 0.133. The van der Waals surface area contributed by atoms with Crippen LogP contribution in [0.15, 0.2) is 41.3 Å². The molecule has 0 aromatic heterocycles. The molecule has 5 nitrogen and oxygen atoms in total. The van der Waals surface area contributed by atoms with Crippen molar-refractivity contribution < 1.29 is 26.1 Å². The van der Waals surface area contributed by atoms with Crippen molar-refractivity contribution in [3.63, 3.8) is 0 Å². The maximum Gasteiger partial charge on any atom is 0.342 e. The van der Waals surface area contributed by atoms with E-state index in [-0.39, 0.29) is 23.7 Å². The van der Waals surface area contributed by atoms with E-state index in [0.29, 0.717) is 6.07 Å². The van der Waals surface area contributed by atoms with Crippen molar-refractivity contribution in [2.45, 2.75) is 11.8 Å². The van der Waals surface area contributed by atoms with E-state index >= 15 is 0 Å². The van der Waals surface area contributed by atoms with E-state index in [1.54, 1.807) is 6.92 Å². The van der Waals surface area contributed by atoms with Crippen LogP contribution in [0.5, 0.6) is 11.5 Å². The van der Waals surface area contributed by atoms with Gasteiger partial charge in [0.15, 0.2) is 11.5 Å². The smallest absolute Gasteiger partial charge is 0.342 e. The number of hydrogen-bond acceptors (Lipinski definition) is 5. The first-order valence-electron chi connectivity index (χ1n) is 6.44. The monoisotopic (exact) mass is 339 g/mol. The van der Waals surface area contributed by atoms with Crippen LogP contribution in [0.2, 0.25) is 0 Å². The summed E-state index contributed by atoms with van der Waals surface area (Å²) in [6.45, 7) is 1.87. The van der Waals surface area contributed by atoms with Crippen molar-refractivity contribution in [2.24, 2.45) is 0 Å². The molecule has 0 saturated carbocycles. The van der Waals surface area contributed by atoms with Crippen LogP contribution in [-0.4, -0.2) is 15.0 Å². The van der Waals surface area contributed by atoms with E-state index in [0.717, 1.165) is 12.1 Å². The molecule has 0 heterocycles. The summed E-state index contributed by atoms with van der Waals surface area (Å²) in [5, 5.41) is 8.84. The van der Waals surface area contributed by atoms with Crippen LogP contribution in [0, 0.1) is 23.0 Å². The number of benzene rings is 2. The Hall–Kier alpha value is -2.66. The van der Waals surface area contributed by atoms with Crippen molar-refractivity contribution in [1.29, 1.82) is 5.26 Å². The molecule has 23 heavy (non-hydrogen) atoms. The Morgan fingerprint density at radius 2 is 1.87 bits per heavy atom. The van der Waals surface area contributed by atoms with Gasteiger partial charge in [-0.2, -0.15) is 13.7 Å². The summed E-state index contributed by atoms with van der Waals surface area (Å²) in [6.07, 6.45) is 0. The Kier molecular flexibility index (Phi) is 4.81. The lowest BCUT2D eigenvalue weighted by atomic mass is 10.2. The van der Waals surface area contributed by atoms with Gasteiger partial charge in [0.1, 0.15) is 16.5 Å². The fourth-order valence-electron chi connectivity index (χ4n) is 1.76. The van der Waals surface area contributed by atoms with Gasteiger partial charge < -0.3 is 8.92 Å². The van der Waals surface area contributed by atoms with Crippen LogP contribution in [-0.2, 0) is 10.1 Å². The molecule has 0 radical (unpaired) electrons. The largest absolute Gasteiger partial charge is 0.490 e. The highest BCUT2D eigenvalue weighted by Gasteiger charge is 2.23. The summed E-state index contributed by atoms with van der Waals surface area (Å²) < 4.78 is 60.9. The molecule has 2 aromatic rings. The van der Waals surface area contributed by atoms with Gasteiger partial charge in [0.2, 0.25) is 0 Å². The normalized spacial score (nSPS) is 10.9. The molecule has 0 aliphatic rings. The standard InChI is InChI=1S/C15H11F2NO4S/c1-2-21-14-7-10(9-18)3-5-13(14)22-23(19,20)15-6-4-11(16)8-12(15)17/h3-8H,2H2,1H3. The molecule has 0 unspecified atom stereocenters. The van der Waals surface area contributed by atoms with Crippen LogP contribution in [0.3, 0.4) is 0 Å². The number of nitriles is 1. The molecule has 0 spiro atoms. The SMILES string of the molecule is CCOc1cc(C#N)ccc1OS(=O)(=O)c1ccc(F)cc1F. The van der Waals surface area contributed by atoms with Crippen LogP contribution in [0.1, 0.15) is 12.5 Å². The Labute approximate surface area is 131 Å². The van der Waals surface area contributed by atoms with E-state index in [9.17, 15) is 17.2 Å². The van der Waals surface area contributed by atoms with Gasteiger partial charge in [-0.15, -0.1) is 0 Å². The molecule has 0 atom stereocenters. The van der Waals surface area contributed by atoms with Crippen LogP contribution < -0.4 is 8.92 Å². The molecule has 0 bridgehead atoms. The summed E-state index contributed by atoms with van der Waals surface area (Å²) >= 11 is 0. The number of rotatable bonds is 5. The number of hydrogen-bond donors (Lipinski definition) is 0. The highest BCUT2D eigenvalue weighted by Crippen LogP contribution is 2.31. The van der Waals surface area contributed by atoms with E-state index < -0.39 is 26.6 Å². The summed E-state index contributed by atoms with van der Waals surface area (Å²) in [5.74, 6) is -2.35. The molecule has 0 aliphatic carbocycles. The van der Waals surface area contributed by atoms with Gasteiger partial charge >= 0.3 is 10.1 Å². The predicted molar refractivity (Wildman–Crippen MR) is 76.5 cm³/mol. The lowest BCUT2D eigenvalue weighted by Gasteiger charge is -2.12. The second-order valence-electron chi connectivity index (χ2n) is 4.32. The van der Waals surface area contributed by atoms with Crippen molar-refractivity contribution in [1.82, 2.24) is 0 Å². The minimum absolute atomic E-state index is 0.0256. The molecular weight excluding hydrogens is 328 g/mol. The van der Waals surface area contributed by atoms with Crippen molar-refractivity contribution in [2.75, 3.05) is 6.61 Å². The van der Waals surface area contributed by atoms with Crippen molar-refractivity contribution >= 4 is 10.1 Å². The summed E-state index contributed by atoms with van der Waals surface area (Å²) in [5.41, 5.74) is 0.242. The third kappa shape index (κ3) is 3.76. The zero-order valence-electron chi connectivity index (χ0n) is 11.9. The molecule has 0 N–H and O–H groups in total. The first kappa shape index (κ1) is 16.7. The number of halogens is 2. The topological polar surface area (TPSA) is 76.4 Å². The summed E-state index contributed by atoms with van der Waals surface area (Å²) in [7, 11) is -4.53. The molecule has 0 saturated heterocycles. The minimum Gasteiger partial charge on any atom is -0.490 e. The molecule has 0 amide bonds. The molecular formula is C15H11F2NO4S. The highest BCUT2D eigenvalue weighted by atomic mass is 32.2. The fourth-order valence-corrected chi connectivity index (χ4v) is 2.75. The van der Waals surface area contributed by atoms with Gasteiger partial charge in [-0.05, 0) is 31.2 Å². The average molecular weight is 339 g/mol. The van der Waals surface area contributed by atoms with Crippen LogP contribution in [0.25, 0.3) is 0 Å². The average Bonchev–Trinajstić information content (AvgIpc) is 2.48. The molecule has 2 rings (SSSR count). The van der Waals surface area contributed by atoms with Gasteiger partial charge in [0, 0.05) is 12.1 Å². The zero-order chi connectivity index (χ0) is 17.0. The predicted octanol–water partition coefficient (Wildman–Crippen LogP) is 3.00. The maximum absolute atomic E-state index is 13.6. The van der Waals surface area contributed by atoms with E-state index in [2.05, 4.69) is 0 Å². The highest BCUT2D eigenvalue weighted by molar-refractivity contribution is 7.87. The van der Waals surface area contributed by atoms with Gasteiger partial charge in [-0.3, -0.25) is 0 Å². The lowest BCUT2D eigenvalue weighted by Crippen LogP contribution is -2.12. The number of ether oxygens (including phenoxy) is 1. The first-order valence-corrected chi connectivity index (χ1v) is 7.84. The van der Waals surface area contributed by atoms with Gasteiger partial charge in [-0.25, -0.2) is 8.78 Å². The van der Waals surface area contributed by atoms with Crippen molar-refractivity contribution in [3.8, 4) is 17.6 Å². The van der Waals surface area contributed by atoms with E-state index in [1.807, 2.05) is 6.07 Å². The van der Waals surface area contributed by atoms with Crippen LogP contribution in [0.4, 0.5) is 8.78 Å². The number of nitrogens with zero attached hydrogens (tertiary/aromatic N) is 1. The molecule has 2 aromatic carbocycles.